The van der Waals surface area contributed by atoms with Crippen molar-refractivity contribution in [3.8, 4) is 0 Å². The summed E-state index contributed by atoms with van der Waals surface area (Å²) in [6, 6.07) is 5.65. The molecule has 2 aromatic carbocycles. The van der Waals surface area contributed by atoms with Crippen LogP contribution < -0.4 is 0 Å². The average Bonchev–Trinajstić information content (AvgIpc) is 3.16. The first kappa shape index (κ1) is 25.3. The molecule has 0 aliphatic rings. The first-order valence-corrected chi connectivity index (χ1v) is 12.7. The van der Waals surface area contributed by atoms with Gasteiger partial charge >= 0.3 is 5.97 Å². The van der Waals surface area contributed by atoms with Gasteiger partial charge in [0.15, 0.2) is 5.16 Å². The van der Waals surface area contributed by atoms with Gasteiger partial charge in [0.25, 0.3) is 0 Å². The zero-order valence-electron chi connectivity index (χ0n) is 21.0. The van der Waals surface area contributed by atoms with E-state index >= 15 is 0 Å². The van der Waals surface area contributed by atoms with E-state index in [1.807, 2.05) is 32.0 Å². The summed E-state index contributed by atoms with van der Waals surface area (Å²) in [6.45, 7) is 17.5. The van der Waals surface area contributed by atoms with E-state index in [1.165, 1.54) is 33.4 Å². The van der Waals surface area contributed by atoms with Crippen LogP contribution in [0.2, 0.25) is 0 Å². The van der Waals surface area contributed by atoms with Gasteiger partial charge in [0, 0.05) is 25.5 Å². The molecule has 0 saturated carbocycles. The van der Waals surface area contributed by atoms with Gasteiger partial charge in [-0.2, -0.15) is 0 Å². The highest BCUT2D eigenvalue weighted by atomic mass is 32.2. The maximum absolute atomic E-state index is 12.2. The van der Waals surface area contributed by atoms with E-state index in [-0.39, 0.29) is 5.97 Å². The number of hydrogen-bond acceptors (Lipinski definition) is 5. The number of aryl methyl sites for hydroxylation is 1. The summed E-state index contributed by atoms with van der Waals surface area (Å²) in [5, 5.41) is 0.970. The van der Waals surface area contributed by atoms with Crippen LogP contribution >= 0.6 is 11.8 Å². The first-order chi connectivity index (χ1) is 15.8. The summed E-state index contributed by atoms with van der Waals surface area (Å²) in [5.41, 5.74) is 10.6. The topological polar surface area (TPSA) is 53.4 Å². The lowest BCUT2D eigenvalue weighted by Gasteiger charge is -2.18. The predicted octanol–water partition coefficient (Wildman–Crippen LogP) is 6.47. The van der Waals surface area contributed by atoms with Crippen LogP contribution in [0.5, 0.6) is 0 Å². The average molecular weight is 469 g/mol. The number of nitrogens with zero attached hydrogens (tertiary/aromatic N) is 2. The molecular formula is C27H36N2O3S. The molecule has 0 bridgehead atoms. The van der Waals surface area contributed by atoms with Crippen LogP contribution in [-0.2, 0) is 21.8 Å². The van der Waals surface area contributed by atoms with Crippen molar-refractivity contribution in [3.05, 3.63) is 57.1 Å². The van der Waals surface area contributed by atoms with Gasteiger partial charge in [-0.15, -0.1) is 0 Å². The molecule has 6 heteroatoms. The second-order valence-corrected chi connectivity index (χ2v) is 9.36. The number of esters is 1. The molecule has 0 radical (unpaired) electrons. The molecule has 3 aromatic rings. The van der Waals surface area contributed by atoms with Crippen molar-refractivity contribution in [2.45, 2.75) is 72.3 Å². The van der Waals surface area contributed by atoms with Gasteiger partial charge in [-0.3, -0.25) is 0 Å². The Bertz CT molecular complexity index is 1120. The Balaban J connectivity index is 1.95. The molecular weight excluding hydrogens is 432 g/mol. The number of hydrogen-bond donors (Lipinski definition) is 0. The van der Waals surface area contributed by atoms with Gasteiger partial charge in [-0.05, 0) is 106 Å². The zero-order chi connectivity index (χ0) is 24.1. The summed E-state index contributed by atoms with van der Waals surface area (Å²) < 4.78 is 13.0. The van der Waals surface area contributed by atoms with Crippen molar-refractivity contribution < 1.29 is 14.3 Å². The third-order valence-corrected chi connectivity index (χ3v) is 7.60. The lowest BCUT2D eigenvalue weighted by Crippen LogP contribution is -2.06. The van der Waals surface area contributed by atoms with Crippen molar-refractivity contribution in [3.63, 3.8) is 0 Å². The molecule has 0 N–H and O–H groups in total. The number of ether oxygens (including phenoxy) is 2. The summed E-state index contributed by atoms with van der Waals surface area (Å²) >= 11 is 1.76. The third kappa shape index (κ3) is 5.44. The minimum atomic E-state index is -0.309. The fourth-order valence-corrected chi connectivity index (χ4v) is 5.39. The smallest absolute Gasteiger partial charge is 0.338 e. The summed E-state index contributed by atoms with van der Waals surface area (Å²) in [5.74, 6) is 0.551. The number of rotatable bonds is 10. The minimum Gasteiger partial charge on any atom is -0.462 e. The molecule has 0 aliphatic heterocycles. The highest BCUT2D eigenvalue weighted by Gasteiger charge is 2.17. The van der Waals surface area contributed by atoms with E-state index < -0.39 is 0 Å². The normalized spacial score (nSPS) is 11.4. The van der Waals surface area contributed by atoms with E-state index in [9.17, 15) is 4.79 Å². The Hall–Kier alpha value is -2.31. The van der Waals surface area contributed by atoms with Crippen LogP contribution in [0.4, 0.5) is 0 Å². The highest BCUT2D eigenvalue weighted by molar-refractivity contribution is 7.98. The Kier molecular flexibility index (Phi) is 8.60. The Labute approximate surface area is 201 Å². The van der Waals surface area contributed by atoms with E-state index in [0.29, 0.717) is 12.2 Å². The summed E-state index contributed by atoms with van der Waals surface area (Å²) in [4.78, 5) is 17.2. The second-order valence-electron chi connectivity index (χ2n) is 8.41. The van der Waals surface area contributed by atoms with Crippen LogP contribution in [0.15, 0.2) is 23.4 Å². The van der Waals surface area contributed by atoms with Crippen LogP contribution in [-0.4, -0.2) is 35.3 Å². The standard InChI is InChI=1S/C27H36N2O3S/c1-8-31-14-10-13-29-25-12-11-22(26(30)32-9-2)15-24(25)28-27(29)33-16-23-20(6)18(4)17(3)19(5)21(23)7/h11-12,15H,8-10,13-14,16H2,1-7H3. The Morgan fingerprint density at radius 3 is 2.27 bits per heavy atom. The molecule has 0 fully saturated rings. The van der Waals surface area contributed by atoms with Crippen molar-refractivity contribution in [2.24, 2.45) is 0 Å². The van der Waals surface area contributed by atoms with E-state index in [4.69, 9.17) is 14.5 Å². The molecule has 0 atom stereocenters. The molecule has 0 saturated heterocycles. The lowest BCUT2D eigenvalue weighted by atomic mass is 9.90. The predicted molar refractivity (Wildman–Crippen MR) is 136 cm³/mol. The zero-order valence-corrected chi connectivity index (χ0v) is 21.8. The molecule has 1 aromatic heterocycles. The van der Waals surface area contributed by atoms with Crippen molar-refractivity contribution in [1.82, 2.24) is 9.55 Å². The molecule has 0 unspecified atom stereocenters. The van der Waals surface area contributed by atoms with Gasteiger partial charge in [0.1, 0.15) is 0 Å². The number of benzene rings is 2. The maximum atomic E-state index is 12.2. The quantitative estimate of drug-likeness (QED) is 0.194. The molecule has 33 heavy (non-hydrogen) atoms. The van der Waals surface area contributed by atoms with Gasteiger partial charge in [0.05, 0.1) is 23.2 Å². The molecule has 0 aliphatic carbocycles. The second kappa shape index (κ2) is 11.2. The fraction of sp³-hybridized carbons (Fsp3) is 0.481. The first-order valence-electron chi connectivity index (χ1n) is 11.7. The van der Waals surface area contributed by atoms with Gasteiger partial charge in [-0.1, -0.05) is 11.8 Å². The number of thioether (sulfide) groups is 1. The summed E-state index contributed by atoms with van der Waals surface area (Å²) in [6.07, 6.45) is 0.910. The maximum Gasteiger partial charge on any atom is 0.338 e. The van der Waals surface area contributed by atoms with E-state index in [2.05, 4.69) is 39.2 Å². The van der Waals surface area contributed by atoms with Crippen molar-refractivity contribution in [1.29, 1.82) is 0 Å². The van der Waals surface area contributed by atoms with Gasteiger partial charge in [0.2, 0.25) is 0 Å². The molecule has 3 rings (SSSR count). The monoisotopic (exact) mass is 468 g/mol. The number of fused-ring (bicyclic) bond motifs is 1. The lowest BCUT2D eigenvalue weighted by molar-refractivity contribution is 0.0526. The van der Waals surface area contributed by atoms with Crippen LogP contribution in [0.25, 0.3) is 11.0 Å². The van der Waals surface area contributed by atoms with Crippen LogP contribution in [0.1, 0.15) is 64.0 Å². The molecule has 0 amide bonds. The molecule has 0 spiro atoms. The number of aromatic nitrogens is 2. The minimum absolute atomic E-state index is 0.309. The van der Waals surface area contributed by atoms with Gasteiger partial charge in [-0.25, -0.2) is 9.78 Å². The SMILES string of the molecule is CCOCCCn1c(SCc2c(C)c(C)c(C)c(C)c2C)nc2cc(C(=O)OCC)ccc21. The Morgan fingerprint density at radius 2 is 1.64 bits per heavy atom. The van der Waals surface area contributed by atoms with Crippen LogP contribution in [0.3, 0.4) is 0 Å². The fourth-order valence-electron chi connectivity index (χ4n) is 4.18. The molecule has 178 valence electrons. The number of imidazole rings is 1. The highest BCUT2D eigenvalue weighted by Crippen LogP contribution is 2.33. The van der Waals surface area contributed by atoms with Crippen molar-refractivity contribution >= 4 is 28.8 Å². The largest absolute Gasteiger partial charge is 0.462 e. The Morgan fingerprint density at radius 1 is 0.970 bits per heavy atom. The third-order valence-electron chi connectivity index (χ3n) is 6.60. The van der Waals surface area contributed by atoms with E-state index in [1.54, 1.807) is 11.8 Å². The van der Waals surface area contributed by atoms with Gasteiger partial charge < -0.3 is 14.0 Å². The molecule has 5 nitrogen and oxygen atoms in total. The number of carbonyl (C=O) groups excluding carboxylic acids is 1. The van der Waals surface area contributed by atoms with Crippen molar-refractivity contribution in [2.75, 3.05) is 19.8 Å². The van der Waals surface area contributed by atoms with E-state index in [0.717, 1.165) is 48.1 Å². The number of carbonyl (C=O) groups is 1. The molecule has 1 heterocycles. The van der Waals surface area contributed by atoms with Crippen LogP contribution in [0, 0.1) is 34.6 Å². The summed E-state index contributed by atoms with van der Waals surface area (Å²) in [7, 11) is 0.